The molecule has 1 aliphatic carbocycles. The number of ether oxygens (including phenoxy) is 3. The lowest BCUT2D eigenvalue weighted by molar-refractivity contribution is -0.178. The number of pyridine rings is 1. The fourth-order valence-electron chi connectivity index (χ4n) is 6.07. The van der Waals surface area contributed by atoms with Gasteiger partial charge >= 0.3 is 12.1 Å². The van der Waals surface area contributed by atoms with E-state index in [1.165, 1.54) is 7.11 Å². The molecule has 0 unspecified atom stereocenters. The van der Waals surface area contributed by atoms with Crippen LogP contribution in [0.1, 0.15) is 68.1 Å². The highest BCUT2D eigenvalue weighted by Crippen LogP contribution is 2.57. The lowest BCUT2D eigenvalue weighted by Gasteiger charge is -2.51. The number of carbonyl (C=O) groups is 2. The van der Waals surface area contributed by atoms with Gasteiger partial charge in [-0.15, -0.1) is 0 Å². The van der Waals surface area contributed by atoms with E-state index in [0.29, 0.717) is 12.2 Å². The highest BCUT2D eigenvalue weighted by Gasteiger charge is 2.56. The van der Waals surface area contributed by atoms with Crippen LogP contribution in [0.2, 0.25) is 0 Å². The first-order chi connectivity index (χ1) is 20.6. The van der Waals surface area contributed by atoms with E-state index in [0.717, 1.165) is 59.5 Å². The van der Waals surface area contributed by atoms with Crippen LogP contribution in [0.25, 0.3) is 10.9 Å². The zero-order valence-corrected chi connectivity index (χ0v) is 27.0. The third kappa shape index (κ3) is 7.49. The highest BCUT2D eigenvalue weighted by molar-refractivity contribution is 5.95. The van der Waals surface area contributed by atoms with Gasteiger partial charge in [0.15, 0.2) is 5.69 Å². The molecule has 0 N–H and O–H groups in total. The number of esters is 1. The van der Waals surface area contributed by atoms with Gasteiger partial charge in [0.25, 0.3) is 0 Å². The van der Waals surface area contributed by atoms with Crippen LogP contribution in [0.15, 0.2) is 36.5 Å². The third-order valence-electron chi connectivity index (χ3n) is 8.19. The van der Waals surface area contributed by atoms with E-state index in [1.54, 1.807) is 30.0 Å². The van der Waals surface area contributed by atoms with Gasteiger partial charge < -0.3 is 19.1 Å². The molecule has 0 radical (unpaired) electrons. The Hall–Kier alpha value is -3.73. The molecule has 1 saturated heterocycles. The van der Waals surface area contributed by atoms with Crippen molar-refractivity contribution in [1.82, 2.24) is 14.5 Å². The first kappa shape index (κ1) is 33.2. The van der Waals surface area contributed by atoms with Crippen LogP contribution in [0, 0.1) is 12.3 Å². The molecule has 1 spiro atoms. The molecule has 11 heteroatoms. The summed E-state index contributed by atoms with van der Waals surface area (Å²) in [6.45, 7) is 9.74. The maximum absolute atomic E-state index is 13.4. The van der Waals surface area contributed by atoms with E-state index in [-0.39, 0.29) is 18.3 Å². The summed E-state index contributed by atoms with van der Waals surface area (Å²) >= 11 is 0. The molecule has 1 saturated carbocycles. The van der Waals surface area contributed by atoms with Crippen molar-refractivity contribution in [1.29, 1.82) is 0 Å². The Morgan fingerprint density at radius 2 is 1.73 bits per heavy atom. The molecule has 0 amide bonds. The number of aromatic nitrogens is 2. The van der Waals surface area contributed by atoms with E-state index < -0.39 is 23.6 Å². The maximum Gasteiger partial charge on any atom is 0.419 e. The number of alkyl halides is 2. The van der Waals surface area contributed by atoms with E-state index in [9.17, 15) is 18.4 Å². The molecule has 3 heterocycles. The summed E-state index contributed by atoms with van der Waals surface area (Å²) < 4.78 is 44.2. The number of likely N-dealkylation sites (tertiary alicyclic amines) is 1. The molecule has 0 atom stereocenters. The van der Waals surface area contributed by atoms with Gasteiger partial charge in [0.05, 0.1) is 19.7 Å². The number of methoxy groups -OCH3 is 2. The molecule has 3 aromatic rings. The monoisotopic (exact) mass is 614 g/mol. The predicted molar refractivity (Wildman–Crippen MR) is 166 cm³/mol. The van der Waals surface area contributed by atoms with E-state index in [4.69, 9.17) is 9.47 Å². The quantitative estimate of drug-likeness (QED) is 0.294. The maximum atomic E-state index is 13.4. The summed E-state index contributed by atoms with van der Waals surface area (Å²) in [6.07, 6.45) is 3.01. The second-order valence-corrected chi connectivity index (χ2v) is 13.1. The summed E-state index contributed by atoms with van der Waals surface area (Å²) in [5, 5.41) is 0.957. The molecule has 1 aromatic carbocycles. The lowest BCUT2D eigenvalue weighted by atomic mass is 9.61. The number of aryl methyl sites for hydroxylation is 1. The SMILES string of the molecule is COC(=O)c1cccc(N(C)C)n1.COc1cc(C)c2c(ccn2C(=O)OC(C)(C)C)c1CN1CCC2(CC1)CC(F)(F)C2. The fourth-order valence-corrected chi connectivity index (χ4v) is 6.07. The van der Waals surface area contributed by atoms with Crippen molar-refractivity contribution in [2.24, 2.45) is 5.41 Å². The summed E-state index contributed by atoms with van der Waals surface area (Å²) in [7, 11) is 6.72. The number of carbonyl (C=O) groups excluding carboxylic acids is 2. The van der Waals surface area contributed by atoms with Crippen LogP contribution in [-0.2, 0) is 16.0 Å². The summed E-state index contributed by atoms with van der Waals surface area (Å²) in [6, 6.07) is 9.11. The Balaban J connectivity index is 0.000000285. The van der Waals surface area contributed by atoms with Gasteiger partial charge in [-0.05, 0) is 88.9 Å². The van der Waals surface area contributed by atoms with Crippen LogP contribution < -0.4 is 9.64 Å². The Labute approximate surface area is 258 Å². The molecule has 0 bridgehead atoms. The molecule has 2 aromatic heterocycles. The molecular weight excluding hydrogens is 570 g/mol. The zero-order valence-electron chi connectivity index (χ0n) is 27.0. The molecule has 240 valence electrons. The summed E-state index contributed by atoms with van der Waals surface area (Å²) in [5.41, 5.74) is 2.33. The Morgan fingerprint density at radius 1 is 1.07 bits per heavy atom. The normalized spacial score (nSPS) is 17.3. The van der Waals surface area contributed by atoms with Crippen LogP contribution in [0.3, 0.4) is 0 Å². The number of anilines is 1. The standard InChI is InChI=1S/C24H32F2N2O3.C9H12N2O2/c1-16-12-19(30-5)18(13-27-10-7-23(8-11-27)14-24(25,26)15-23)17-6-9-28(20(16)17)21(29)31-22(2,3)4;1-11(2)8-6-4-5-7(10-8)9(12)13-3/h6,9,12H,7-8,10-11,13-15H2,1-5H3;4-6H,1-3H3. The first-order valence-corrected chi connectivity index (χ1v) is 14.8. The molecule has 2 aliphatic rings. The van der Waals surface area contributed by atoms with Gasteiger partial charge in [-0.25, -0.2) is 23.4 Å². The van der Waals surface area contributed by atoms with Gasteiger partial charge in [-0.1, -0.05) is 6.07 Å². The smallest absolute Gasteiger partial charge is 0.419 e. The molecule has 2 fully saturated rings. The van der Waals surface area contributed by atoms with E-state index in [2.05, 4.69) is 14.6 Å². The minimum absolute atomic E-state index is 0.0324. The van der Waals surface area contributed by atoms with Crippen molar-refractivity contribution in [3.63, 3.8) is 0 Å². The van der Waals surface area contributed by atoms with Gasteiger partial charge in [-0.3, -0.25) is 9.47 Å². The molecule has 5 rings (SSSR count). The van der Waals surface area contributed by atoms with Gasteiger partial charge in [0.2, 0.25) is 5.92 Å². The van der Waals surface area contributed by atoms with Crippen molar-refractivity contribution in [3.8, 4) is 5.75 Å². The number of rotatable bonds is 5. The predicted octanol–water partition coefficient (Wildman–Crippen LogP) is 6.69. The van der Waals surface area contributed by atoms with E-state index >= 15 is 0 Å². The summed E-state index contributed by atoms with van der Waals surface area (Å²) in [4.78, 5) is 32.1. The van der Waals surface area contributed by atoms with Crippen molar-refractivity contribution in [2.45, 2.75) is 71.4 Å². The zero-order chi connectivity index (χ0) is 32.4. The minimum Gasteiger partial charge on any atom is -0.496 e. The number of hydrogen-bond donors (Lipinski definition) is 0. The van der Waals surface area contributed by atoms with Crippen molar-refractivity contribution < 1.29 is 32.6 Å². The number of halogens is 2. The van der Waals surface area contributed by atoms with Crippen LogP contribution >= 0.6 is 0 Å². The summed E-state index contributed by atoms with van der Waals surface area (Å²) in [5.74, 6) is -1.37. The molecule has 1 aliphatic heterocycles. The molecule has 9 nitrogen and oxygen atoms in total. The molecule has 44 heavy (non-hydrogen) atoms. The topological polar surface area (TPSA) is 86.1 Å². The van der Waals surface area contributed by atoms with Crippen molar-refractivity contribution >= 4 is 28.8 Å². The number of nitrogens with zero attached hydrogens (tertiary/aromatic N) is 4. The van der Waals surface area contributed by atoms with Crippen molar-refractivity contribution in [2.75, 3.05) is 46.3 Å². The van der Waals surface area contributed by atoms with Gasteiger partial charge in [0.1, 0.15) is 17.2 Å². The van der Waals surface area contributed by atoms with Crippen LogP contribution in [-0.4, -0.2) is 79.4 Å². The number of hydrogen-bond acceptors (Lipinski definition) is 8. The second kappa shape index (κ2) is 12.7. The Bertz CT molecular complexity index is 1490. The van der Waals surface area contributed by atoms with Gasteiger partial charge in [0, 0.05) is 50.6 Å². The number of piperidine rings is 1. The van der Waals surface area contributed by atoms with E-state index in [1.807, 2.05) is 64.9 Å². The van der Waals surface area contributed by atoms with Crippen LogP contribution in [0.4, 0.5) is 19.4 Å². The first-order valence-electron chi connectivity index (χ1n) is 14.8. The number of benzene rings is 1. The Kier molecular flexibility index (Phi) is 9.58. The average Bonchev–Trinajstić information content (AvgIpc) is 3.40. The fraction of sp³-hybridized carbons (Fsp3) is 0.545. The minimum atomic E-state index is -2.47. The molecular formula is C33H44F2N4O5. The van der Waals surface area contributed by atoms with Crippen LogP contribution in [0.5, 0.6) is 5.75 Å². The third-order valence-corrected chi connectivity index (χ3v) is 8.19. The second-order valence-electron chi connectivity index (χ2n) is 13.1. The number of fused-ring (bicyclic) bond motifs is 1. The lowest BCUT2D eigenvalue weighted by Crippen LogP contribution is -2.52. The largest absolute Gasteiger partial charge is 0.496 e. The van der Waals surface area contributed by atoms with Crippen molar-refractivity contribution in [3.05, 3.63) is 53.3 Å². The average molecular weight is 615 g/mol. The highest BCUT2D eigenvalue weighted by atomic mass is 19.3. The van der Waals surface area contributed by atoms with Gasteiger partial charge in [-0.2, -0.15) is 0 Å². The Morgan fingerprint density at radius 3 is 2.27 bits per heavy atom.